The van der Waals surface area contributed by atoms with E-state index in [9.17, 15) is 31.9 Å². The second kappa shape index (κ2) is 11.6. The number of alkyl halides is 1. The lowest BCUT2D eigenvalue weighted by Crippen LogP contribution is -2.48. The number of halogens is 4. The quantitative estimate of drug-likeness (QED) is 0.270. The number of hydrogen-bond acceptors (Lipinski definition) is 5. The Labute approximate surface area is 177 Å². The fourth-order valence-electron chi connectivity index (χ4n) is 2.65. The number of benzene rings is 1. The van der Waals surface area contributed by atoms with E-state index in [2.05, 4.69) is 15.4 Å². The highest BCUT2D eigenvalue weighted by molar-refractivity contribution is 5.84. The zero-order valence-corrected chi connectivity index (χ0v) is 17.6. The highest BCUT2D eigenvalue weighted by Gasteiger charge is 2.27. The van der Waals surface area contributed by atoms with Crippen LogP contribution < -0.4 is 16.4 Å². The molecule has 1 rings (SSSR count). The summed E-state index contributed by atoms with van der Waals surface area (Å²) in [6.07, 6.45) is -0.493. The van der Waals surface area contributed by atoms with Gasteiger partial charge >= 0.3 is 5.97 Å². The van der Waals surface area contributed by atoms with Crippen LogP contribution in [0.25, 0.3) is 0 Å². The van der Waals surface area contributed by atoms with Crippen LogP contribution in [0.15, 0.2) is 12.1 Å². The Balaban J connectivity index is 2.70. The second-order valence-corrected chi connectivity index (χ2v) is 7.59. The van der Waals surface area contributed by atoms with Gasteiger partial charge in [-0.3, -0.25) is 14.4 Å². The summed E-state index contributed by atoms with van der Waals surface area (Å²) in [5, 5.41) is 4.91. The van der Waals surface area contributed by atoms with E-state index in [4.69, 9.17) is 5.73 Å². The van der Waals surface area contributed by atoms with Crippen molar-refractivity contribution >= 4 is 17.8 Å². The molecular formula is C20H27F4N3O4. The summed E-state index contributed by atoms with van der Waals surface area (Å²) < 4.78 is 58.2. The molecule has 0 radical (unpaired) electrons. The normalized spacial score (nSPS) is 13.3. The predicted octanol–water partition coefficient (Wildman–Crippen LogP) is 1.67. The lowest BCUT2D eigenvalue weighted by molar-refractivity contribution is -0.141. The van der Waals surface area contributed by atoms with Crippen molar-refractivity contribution in [1.82, 2.24) is 10.6 Å². The monoisotopic (exact) mass is 449 g/mol. The van der Waals surface area contributed by atoms with Crippen LogP contribution in [-0.2, 0) is 25.5 Å². The molecule has 31 heavy (non-hydrogen) atoms. The molecule has 0 unspecified atom stereocenters. The summed E-state index contributed by atoms with van der Waals surface area (Å²) in [5.41, 5.74) is 3.51. The van der Waals surface area contributed by atoms with Crippen molar-refractivity contribution in [2.75, 3.05) is 13.7 Å². The van der Waals surface area contributed by atoms with Gasteiger partial charge < -0.3 is 21.1 Å². The van der Waals surface area contributed by atoms with E-state index in [0.717, 1.165) is 13.8 Å². The fourth-order valence-corrected chi connectivity index (χ4v) is 2.65. The van der Waals surface area contributed by atoms with Crippen molar-refractivity contribution in [3.63, 3.8) is 0 Å². The minimum atomic E-state index is -2.13. The van der Waals surface area contributed by atoms with Crippen molar-refractivity contribution in [2.45, 2.75) is 57.3 Å². The SMILES string of the molecule is COC(=O)CC[C@@H](CNC(=O)C(C)(C)F)NC(=O)C[C@H](N)Cc1cc(F)c(F)cc1F. The number of nitrogens with one attached hydrogen (secondary N) is 2. The number of nitrogens with two attached hydrogens (primary N) is 1. The Hall–Kier alpha value is -2.69. The number of carbonyl (C=O) groups excluding carboxylic acids is 3. The van der Waals surface area contributed by atoms with Gasteiger partial charge in [0.05, 0.1) is 7.11 Å². The molecule has 0 aliphatic rings. The van der Waals surface area contributed by atoms with E-state index >= 15 is 0 Å². The van der Waals surface area contributed by atoms with Crippen molar-refractivity contribution in [3.8, 4) is 0 Å². The van der Waals surface area contributed by atoms with Gasteiger partial charge in [-0.15, -0.1) is 0 Å². The van der Waals surface area contributed by atoms with E-state index < -0.39 is 53.0 Å². The van der Waals surface area contributed by atoms with Crippen molar-refractivity contribution in [1.29, 1.82) is 0 Å². The number of amides is 2. The van der Waals surface area contributed by atoms with Gasteiger partial charge in [0, 0.05) is 37.5 Å². The number of esters is 1. The highest BCUT2D eigenvalue weighted by atomic mass is 19.2. The molecule has 0 spiro atoms. The molecule has 4 N–H and O–H groups in total. The smallest absolute Gasteiger partial charge is 0.305 e. The molecule has 0 saturated heterocycles. The van der Waals surface area contributed by atoms with Crippen LogP contribution in [-0.4, -0.2) is 49.2 Å². The van der Waals surface area contributed by atoms with Crippen LogP contribution >= 0.6 is 0 Å². The van der Waals surface area contributed by atoms with Gasteiger partial charge in [0.2, 0.25) is 5.91 Å². The first-order valence-corrected chi connectivity index (χ1v) is 9.55. The largest absolute Gasteiger partial charge is 0.469 e. The number of rotatable bonds is 11. The summed E-state index contributed by atoms with van der Waals surface area (Å²) in [6, 6.07) is -0.573. The molecule has 2 amide bonds. The van der Waals surface area contributed by atoms with Gasteiger partial charge in [-0.05, 0) is 38.3 Å². The van der Waals surface area contributed by atoms with Crippen molar-refractivity contribution in [3.05, 3.63) is 35.1 Å². The maximum atomic E-state index is 13.7. The summed E-state index contributed by atoms with van der Waals surface area (Å²) in [5.74, 6) is -5.57. The number of ether oxygens (including phenoxy) is 1. The molecule has 1 aromatic rings. The topological polar surface area (TPSA) is 111 Å². The maximum Gasteiger partial charge on any atom is 0.305 e. The third kappa shape index (κ3) is 9.33. The van der Waals surface area contributed by atoms with E-state index in [1.54, 1.807) is 0 Å². The first-order chi connectivity index (χ1) is 14.3. The van der Waals surface area contributed by atoms with Gasteiger partial charge in [-0.25, -0.2) is 17.6 Å². The van der Waals surface area contributed by atoms with Crippen LogP contribution in [0, 0.1) is 17.5 Å². The van der Waals surface area contributed by atoms with E-state index in [0.29, 0.717) is 12.1 Å². The minimum absolute atomic E-state index is 0.0670. The first kappa shape index (κ1) is 26.3. The second-order valence-electron chi connectivity index (χ2n) is 7.59. The Morgan fingerprint density at radius 2 is 1.74 bits per heavy atom. The van der Waals surface area contributed by atoms with E-state index in [1.165, 1.54) is 7.11 Å². The molecule has 0 heterocycles. The molecule has 0 aromatic heterocycles. The van der Waals surface area contributed by atoms with Gasteiger partial charge in [-0.1, -0.05) is 0 Å². The van der Waals surface area contributed by atoms with Crippen molar-refractivity contribution in [2.24, 2.45) is 5.73 Å². The lowest BCUT2D eigenvalue weighted by atomic mass is 10.0. The molecular weight excluding hydrogens is 422 g/mol. The van der Waals surface area contributed by atoms with Crippen LogP contribution in [0.4, 0.5) is 17.6 Å². The van der Waals surface area contributed by atoms with Crippen LogP contribution in [0.1, 0.15) is 38.7 Å². The maximum absolute atomic E-state index is 13.7. The molecule has 7 nitrogen and oxygen atoms in total. The van der Waals surface area contributed by atoms with Gasteiger partial charge in [0.25, 0.3) is 5.91 Å². The lowest BCUT2D eigenvalue weighted by Gasteiger charge is -2.22. The molecule has 11 heteroatoms. The number of hydrogen-bond donors (Lipinski definition) is 3. The minimum Gasteiger partial charge on any atom is -0.469 e. The summed E-state index contributed by atoms with van der Waals surface area (Å²) in [7, 11) is 1.19. The molecule has 0 bridgehead atoms. The predicted molar refractivity (Wildman–Crippen MR) is 104 cm³/mol. The Morgan fingerprint density at radius 1 is 1.13 bits per heavy atom. The zero-order valence-electron chi connectivity index (χ0n) is 17.6. The van der Waals surface area contributed by atoms with E-state index in [1.807, 2.05) is 0 Å². The van der Waals surface area contributed by atoms with Crippen molar-refractivity contribution < 1.29 is 36.7 Å². The summed E-state index contributed by atoms with van der Waals surface area (Å²) >= 11 is 0. The van der Waals surface area contributed by atoms with Gasteiger partial charge in [0.1, 0.15) is 5.82 Å². The Bertz CT molecular complexity index is 799. The Kier molecular flexibility index (Phi) is 9.89. The average molecular weight is 449 g/mol. The van der Waals surface area contributed by atoms with E-state index in [-0.39, 0.29) is 37.8 Å². The molecule has 0 aliphatic carbocycles. The van der Waals surface area contributed by atoms with Crippen LogP contribution in [0.2, 0.25) is 0 Å². The summed E-state index contributed by atoms with van der Waals surface area (Å²) in [4.78, 5) is 35.4. The summed E-state index contributed by atoms with van der Waals surface area (Å²) in [6.45, 7) is 1.99. The fraction of sp³-hybridized carbons (Fsp3) is 0.550. The Morgan fingerprint density at radius 3 is 2.32 bits per heavy atom. The highest BCUT2D eigenvalue weighted by Crippen LogP contribution is 2.16. The standard InChI is InChI=1S/C20H27F4N3O4/c1-20(2,24)19(30)26-10-13(4-5-18(29)31-3)27-17(28)8-12(25)6-11-7-15(22)16(23)9-14(11)21/h7,9,12-13H,4-6,8,10,25H2,1-3H3,(H,26,30)(H,27,28)/t12-,13+/m1/s1. The van der Waals surface area contributed by atoms with Gasteiger partial charge in [-0.2, -0.15) is 0 Å². The molecule has 0 fully saturated rings. The van der Waals surface area contributed by atoms with Crippen LogP contribution in [0.3, 0.4) is 0 Å². The molecule has 1 aromatic carbocycles. The van der Waals surface area contributed by atoms with Crippen LogP contribution in [0.5, 0.6) is 0 Å². The molecule has 2 atom stereocenters. The third-order valence-electron chi connectivity index (χ3n) is 4.36. The number of carbonyl (C=O) groups is 3. The molecule has 174 valence electrons. The average Bonchev–Trinajstić information content (AvgIpc) is 2.66. The zero-order chi connectivity index (χ0) is 23.8. The first-order valence-electron chi connectivity index (χ1n) is 9.55. The third-order valence-corrected chi connectivity index (χ3v) is 4.36. The van der Waals surface area contributed by atoms with Gasteiger partial charge in [0.15, 0.2) is 17.3 Å². The molecule has 0 saturated carbocycles. The molecule has 0 aliphatic heterocycles. The number of methoxy groups -OCH3 is 1.